The predicted octanol–water partition coefficient (Wildman–Crippen LogP) is 2.81. The molecule has 2 aliphatic rings. The number of ether oxygens (including phenoxy) is 2. The monoisotopic (exact) mass is 350 g/mol. The van der Waals surface area contributed by atoms with Gasteiger partial charge in [-0.1, -0.05) is 60.7 Å². The van der Waals surface area contributed by atoms with Crippen LogP contribution in [0, 0.1) is 0 Å². The number of nitrogens with zero attached hydrogens (tertiary/aromatic N) is 1. The summed E-state index contributed by atoms with van der Waals surface area (Å²) < 4.78 is 11.2. The van der Waals surface area contributed by atoms with Crippen molar-refractivity contribution >= 4 is 11.9 Å². The minimum absolute atomic E-state index is 0.0677. The minimum Gasteiger partial charge on any atom is -0.477 e. The van der Waals surface area contributed by atoms with Crippen molar-refractivity contribution in [1.29, 1.82) is 0 Å². The number of rotatable bonds is 4. The summed E-state index contributed by atoms with van der Waals surface area (Å²) in [4.78, 5) is 16.3. The summed E-state index contributed by atoms with van der Waals surface area (Å²) in [7, 11) is 0. The van der Waals surface area contributed by atoms with Gasteiger partial charge in [-0.2, -0.15) is 0 Å². The molecule has 0 spiro atoms. The second-order valence-electron chi connectivity index (χ2n) is 6.10. The molecule has 0 aromatic heterocycles. The third-order valence-corrected chi connectivity index (χ3v) is 4.39. The molecular weight excluding hydrogens is 332 g/mol. The van der Waals surface area contributed by atoms with Crippen LogP contribution >= 0.6 is 0 Å². The van der Waals surface area contributed by atoms with E-state index in [1.54, 1.807) is 0 Å². The van der Waals surface area contributed by atoms with Crippen molar-refractivity contribution in [2.45, 2.75) is 12.1 Å². The van der Waals surface area contributed by atoms with Crippen molar-refractivity contribution in [1.82, 2.24) is 5.32 Å². The van der Waals surface area contributed by atoms with Crippen LogP contribution in [0.15, 0.2) is 77.1 Å². The SMILES string of the molecule is O=C(O)/C(C1=N[C@@H](c2ccccc2)CO1)=C1\N[C@@H](c2ccccc2)CO1. The van der Waals surface area contributed by atoms with Crippen molar-refractivity contribution in [2.75, 3.05) is 13.2 Å². The van der Waals surface area contributed by atoms with Crippen molar-refractivity contribution < 1.29 is 19.4 Å². The maximum absolute atomic E-state index is 11.8. The van der Waals surface area contributed by atoms with E-state index in [1.807, 2.05) is 60.7 Å². The topological polar surface area (TPSA) is 80.2 Å². The summed E-state index contributed by atoms with van der Waals surface area (Å²) in [5.41, 5.74) is 1.95. The second-order valence-corrected chi connectivity index (χ2v) is 6.10. The Balaban J connectivity index is 1.61. The zero-order valence-electron chi connectivity index (χ0n) is 14.0. The molecule has 26 heavy (non-hydrogen) atoms. The summed E-state index contributed by atoms with van der Waals surface area (Å²) in [6.07, 6.45) is 0. The Bertz CT molecular complexity index is 862. The molecule has 2 aromatic rings. The lowest BCUT2D eigenvalue weighted by atomic mass is 10.1. The van der Waals surface area contributed by atoms with E-state index in [0.29, 0.717) is 13.2 Å². The smallest absolute Gasteiger partial charge is 0.346 e. The van der Waals surface area contributed by atoms with E-state index in [9.17, 15) is 9.90 Å². The van der Waals surface area contributed by atoms with Crippen molar-refractivity contribution in [3.05, 3.63) is 83.2 Å². The number of carboxylic acid groups (broad SMARTS) is 1. The van der Waals surface area contributed by atoms with Gasteiger partial charge >= 0.3 is 5.97 Å². The maximum atomic E-state index is 11.8. The summed E-state index contributed by atoms with van der Waals surface area (Å²) in [5.74, 6) is -0.838. The highest BCUT2D eigenvalue weighted by molar-refractivity contribution is 6.16. The van der Waals surface area contributed by atoms with Crippen molar-refractivity contribution in [2.24, 2.45) is 4.99 Å². The van der Waals surface area contributed by atoms with E-state index in [1.165, 1.54) is 0 Å². The fraction of sp³-hybridized carbons (Fsp3) is 0.200. The highest BCUT2D eigenvalue weighted by Gasteiger charge is 2.34. The number of nitrogens with one attached hydrogen (secondary N) is 1. The number of carboxylic acids is 1. The van der Waals surface area contributed by atoms with Crippen molar-refractivity contribution in [3.63, 3.8) is 0 Å². The average Bonchev–Trinajstić information content (AvgIpc) is 3.34. The van der Waals surface area contributed by atoms with Gasteiger partial charge in [0.2, 0.25) is 11.8 Å². The first-order valence-corrected chi connectivity index (χ1v) is 8.40. The summed E-state index contributed by atoms with van der Waals surface area (Å²) >= 11 is 0. The Hall–Kier alpha value is -3.28. The van der Waals surface area contributed by atoms with Crippen LogP contribution < -0.4 is 5.32 Å². The molecule has 0 unspecified atom stereocenters. The first-order chi connectivity index (χ1) is 12.7. The van der Waals surface area contributed by atoms with Crippen LogP contribution in [0.5, 0.6) is 0 Å². The maximum Gasteiger partial charge on any atom is 0.346 e. The third kappa shape index (κ3) is 3.13. The molecule has 2 N–H and O–H groups in total. The first kappa shape index (κ1) is 16.2. The van der Waals surface area contributed by atoms with Gasteiger partial charge in [0.05, 0.1) is 6.04 Å². The zero-order valence-corrected chi connectivity index (χ0v) is 14.0. The molecule has 0 amide bonds. The highest BCUT2D eigenvalue weighted by atomic mass is 16.5. The minimum atomic E-state index is -1.13. The standard InChI is InChI=1S/C20H18N2O4/c23-20(24)17(18-21-15(11-25-18)13-7-3-1-4-8-13)19-22-16(12-26-19)14-9-5-2-6-10-14/h1-10,15-16,21H,11-12H2,(H,23,24)/b18-17+/t15-,16-/m1/s1. The second kappa shape index (κ2) is 6.92. The molecule has 2 atom stereocenters. The Morgan fingerprint density at radius 2 is 1.62 bits per heavy atom. The van der Waals surface area contributed by atoms with Gasteiger partial charge in [0.15, 0.2) is 5.57 Å². The van der Waals surface area contributed by atoms with E-state index in [4.69, 9.17) is 9.47 Å². The van der Waals surface area contributed by atoms with Gasteiger partial charge in [-0.3, -0.25) is 0 Å². The predicted molar refractivity (Wildman–Crippen MR) is 95.5 cm³/mol. The Labute approximate surface area is 150 Å². The van der Waals surface area contributed by atoms with Gasteiger partial charge in [0.25, 0.3) is 0 Å². The van der Waals surface area contributed by atoms with Gasteiger partial charge < -0.3 is 19.9 Å². The molecule has 1 fully saturated rings. The number of aliphatic imine (C=N–C) groups is 1. The average molecular weight is 350 g/mol. The highest BCUT2D eigenvalue weighted by Crippen LogP contribution is 2.28. The number of benzene rings is 2. The lowest BCUT2D eigenvalue weighted by Gasteiger charge is -2.09. The number of hydrogen-bond donors (Lipinski definition) is 2. The molecular formula is C20H18N2O4. The van der Waals surface area contributed by atoms with Gasteiger partial charge in [-0.15, -0.1) is 0 Å². The Morgan fingerprint density at radius 3 is 2.27 bits per heavy atom. The van der Waals surface area contributed by atoms with E-state index in [0.717, 1.165) is 11.1 Å². The molecule has 4 rings (SSSR count). The summed E-state index contributed by atoms with van der Waals surface area (Å²) in [6, 6.07) is 19.1. The van der Waals surface area contributed by atoms with Gasteiger partial charge in [-0.25, -0.2) is 9.79 Å². The third-order valence-electron chi connectivity index (χ3n) is 4.39. The lowest BCUT2D eigenvalue weighted by Crippen LogP contribution is -2.21. The van der Waals surface area contributed by atoms with Crippen LogP contribution in [0.4, 0.5) is 0 Å². The van der Waals surface area contributed by atoms with Crippen LogP contribution in [0.2, 0.25) is 0 Å². The molecule has 132 valence electrons. The molecule has 1 saturated heterocycles. The van der Waals surface area contributed by atoms with E-state index >= 15 is 0 Å². The molecule has 0 aliphatic carbocycles. The van der Waals surface area contributed by atoms with E-state index in [-0.39, 0.29) is 29.4 Å². The van der Waals surface area contributed by atoms with Crippen LogP contribution in [0.1, 0.15) is 23.2 Å². The van der Waals surface area contributed by atoms with Gasteiger partial charge in [0.1, 0.15) is 19.3 Å². The van der Waals surface area contributed by atoms with Crippen LogP contribution in [-0.2, 0) is 14.3 Å². The van der Waals surface area contributed by atoms with Crippen LogP contribution in [0.25, 0.3) is 0 Å². The lowest BCUT2D eigenvalue weighted by molar-refractivity contribution is -0.132. The summed E-state index contributed by atoms with van der Waals surface area (Å²) in [6.45, 7) is 0.664. The molecule has 0 bridgehead atoms. The quantitative estimate of drug-likeness (QED) is 0.829. The fourth-order valence-electron chi connectivity index (χ4n) is 3.06. The summed E-state index contributed by atoms with van der Waals surface area (Å²) in [5, 5.41) is 12.8. The number of aliphatic carboxylic acids is 1. The molecule has 0 saturated carbocycles. The molecule has 2 aliphatic heterocycles. The van der Waals surface area contributed by atoms with Gasteiger partial charge in [-0.05, 0) is 11.1 Å². The largest absolute Gasteiger partial charge is 0.477 e. The Kier molecular flexibility index (Phi) is 4.31. The molecule has 0 radical (unpaired) electrons. The molecule has 6 heteroatoms. The van der Waals surface area contributed by atoms with E-state index < -0.39 is 5.97 Å². The molecule has 2 heterocycles. The first-order valence-electron chi connectivity index (χ1n) is 8.40. The number of carbonyl (C=O) groups is 1. The molecule has 2 aromatic carbocycles. The normalized spacial score (nSPS) is 23.5. The molecule has 6 nitrogen and oxygen atoms in total. The van der Waals surface area contributed by atoms with E-state index in [2.05, 4.69) is 10.3 Å². The fourth-order valence-corrected chi connectivity index (χ4v) is 3.06. The van der Waals surface area contributed by atoms with Gasteiger partial charge in [0, 0.05) is 0 Å². The van der Waals surface area contributed by atoms with Crippen molar-refractivity contribution in [3.8, 4) is 0 Å². The van der Waals surface area contributed by atoms with Crippen LogP contribution in [0.3, 0.4) is 0 Å². The van der Waals surface area contributed by atoms with Crippen LogP contribution in [-0.4, -0.2) is 30.2 Å². The number of hydrogen-bond acceptors (Lipinski definition) is 5. The zero-order chi connectivity index (χ0) is 17.9. The Morgan fingerprint density at radius 1 is 0.962 bits per heavy atom.